The molecule has 1 aromatic heterocycles. The second-order valence-corrected chi connectivity index (χ2v) is 7.74. The number of aliphatic hydroxyl groups is 1. The molecule has 1 aromatic carbocycles. The predicted octanol–water partition coefficient (Wildman–Crippen LogP) is 1.29. The summed E-state index contributed by atoms with van der Waals surface area (Å²) in [5, 5.41) is 18.7. The van der Waals surface area contributed by atoms with E-state index < -0.39 is 15.9 Å². The van der Waals surface area contributed by atoms with Gasteiger partial charge in [0.2, 0.25) is 0 Å². The molecule has 1 aliphatic carbocycles. The molecule has 3 rings (SSSR count). The van der Waals surface area contributed by atoms with E-state index in [-0.39, 0.29) is 4.90 Å². The second kappa shape index (κ2) is 5.81. The van der Waals surface area contributed by atoms with E-state index in [1.54, 1.807) is 16.8 Å². The van der Waals surface area contributed by atoms with Crippen LogP contribution in [0.5, 0.6) is 0 Å². The van der Waals surface area contributed by atoms with Crippen LogP contribution in [0.15, 0.2) is 29.2 Å². The SMILES string of the molecule is CS(=O)(=O)c1ccc(C(O)Cn2nnc3c2CCCC3)cc1. The number of nitrogens with zero attached hydrogens (tertiary/aromatic N) is 3. The van der Waals surface area contributed by atoms with Gasteiger partial charge in [-0.2, -0.15) is 0 Å². The van der Waals surface area contributed by atoms with Crippen molar-refractivity contribution >= 4 is 9.84 Å². The Morgan fingerprint density at radius 1 is 1.23 bits per heavy atom. The molecule has 0 aliphatic heterocycles. The van der Waals surface area contributed by atoms with Crippen LogP contribution in [-0.2, 0) is 29.2 Å². The molecule has 0 saturated heterocycles. The van der Waals surface area contributed by atoms with E-state index in [0.717, 1.165) is 37.1 Å². The molecule has 118 valence electrons. The largest absolute Gasteiger partial charge is 0.386 e. The van der Waals surface area contributed by atoms with Gasteiger partial charge in [0, 0.05) is 6.26 Å². The lowest BCUT2D eigenvalue weighted by atomic mass is 10.0. The lowest BCUT2D eigenvalue weighted by Crippen LogP contribution is -2.15. The molecule has 6 nitrogen and oxygen atoms in total. The minimum atomic E-state index is -3.22. The number of sulfone groups is 1. The first kappa shape index (κ1) is 15.2. The highest BCUT2D eigenvalue weighted by Gasteiger charge is 2.19. The van der Waals surface area contributed by atoms with Gasteiger partial charge in [0.15, 0.2) is 9.84 Å². The Morgan fingerprint density at radius 2 is 1.91 bits per heavy atom. The summed E-state index contributed by atoms with van der Waals surface area (Å²) in [4.78, 5) is 0.251. The van der Waals surface area contributed by atoms with E-state index in [0.29, 0.717) is 12.1 Å². The number of benzene rings is 1. The highest BCUT2D eigenvalue weighted by molar-refractivity contribution is 7.90. The third kappa shape index (κ3) is 3.05. The molecule has 7 heteroatoms. The van der Waals surface area contributed by atoms with Crippen molar-refractivity contribution in [2.75, 3.05) is 6.26 Å². The zero-order valence-electron chi connectivity index (χ0n) is 12.4. The standard InChI is InChI=1S/C15H19N3O3S/c1-22(20,21)12-8-6-11(7-9-12)15(19)10-18-14-5-3-2-4-13(14)16-17-18/h6-9,15,19H,2-5,10H2,1H3. The van der Waals surface area contributed by atoms with E-state index in [9.17, 15) is 13.5 Å². The van der Waals surface area contributed by atoms with Gasteiger partial charge in [-0.1, -0.05) is 17.3 Å². The molecule has 0 spiro atoms. The summed E-state index contributed by atoms with van der Waals surface area (Å²) >= 11 is 0. The van der Waals surface area contributed by atoms with Crippen molar-refractivity contribution in [1.82, 2.24) is 15.0 Å². The minimum absolute atomic E-state index is 0.251. The number of fused-ring (bicyclic) bond motifs is 1. The molecular formula is C15H19N3O3S. The molecule has 1 unspecified atom stereocenters. The first-order chi connectivity index (χ1) is 10.4. The van der Waals surface area contributed by atoms with Gasteiger partial charge in [-0.25, -0.2) is 13.1 Å². The highest BCUT2D eigenvalue weighted by Crippen LogP contribution is 2.22. The Kier molecular flexibility index (Phi) is 4.01. The fourth-order valence-electron chi connectivity index (χ4n) is 2.77. The Morgan fingerprint density at radius 3 is 2.59 bits per heavy atom. The van der Waals surface area contributed by atoms with Crippen LogP contribution < -0.4 is 0 Å². The van der Waals surface area contributed by atoms with Crippen LogP contribution in [0, 0.1) is 0 Å². The summed E-state index contributed by atoms with van der Waals surface area (Å²) in [6.07, 6.45) is 4.60. The topological polar surface area (TPSA) is 85.1 Å². The summed E-state index contributed by atoms with van der Waals surface area (Å²) in [6, 6.07) is 6.32. The fraction of sp³-hybridized carbons (Fsp3) is 0.467. The number of aliphatic hydroxyl groups excluding tert-OH is 1. The highest BCUT2D eigenvalue weighted by atomic mass is 32.2. The van der Waals surface area contributed by atoms with E-state index in [1.807, 2.05) is 0 Å². The monoisotopic (exact) mass is 321 g/mol. The van der Waals surface area contributed by atoms with Crippen LogP contribution in [0.25, 0.3) is 0 Å². The summed E-state index contributed by atoms with van der Waals surface area (Å²) in [6.45, 7) is 0.334. The number of aromatic nitrogens is 3. The van der Waals surface area contributed by atoms with Gasteiger partial charge < -0.3 is 5.11 Å². The Labute approximate surface area is 129 Å². The molecule has 0 fully saturated rings. The maximum Gasteiger partial charge on any atom is 0.175 e. The predicted molar refractivity (Wildman–Crippen MR) is 81.2 cm³/mol. The first-order valence-electron chi connectivity index (χ1n) is 7.34. The molecule has 1 atom stereocenters. The normalized spacial score (nSPS) is 16.3. The average Bonchev–Trinajstić information content (AvgIpc) is 2.90. The van der Waals surface area contributed by atoms with Crippen molar-refractivity contribution in [2.24, 2.45) is 0 Å². The van der Waals surface area contributed by atoms with Crippen molar-refractivity contribution in [3.8, 4) is 0 Å². The first-order valence-corrected chi connectivity index (χ1v) is 9.23. The lowest BCUT2D eigenvalue weighted by molar-refractivity contribution is 0.149. The maximum absolute atomic E-state index is 11.4. The van der Waals surface area contributed by atoms with E-state index in [4.69, 9.17) is 0 Å². The van der Waals surface area contributed by atoms with E-state index >= 15 is 0 Å². The van der Waals surface area contributed by atoms with Crippen LogP contribution in [0.4, 0.5) is 0 Å². The zero-order valence-corrected chi connectivity index (χ0v) is 13.3. The van der Waals surface area contributed by atoms with Crippen LogP contribution >= 0.6 is 0 Å². The van der Waals surface area contributed by atoms with E-state index in [1.165, 1.54) is 18.4 Å². The number of hydrogen-bond acceptors (Lipinski definition) is 5. The van der Waals surface area contributed by atoms with Crippen molar-refractivity contribution < 1.29 is 13.5 Å². The summed E-state index contributed by atoms with van der Waals surface area (Å²) in [5.74, 6) is 0. The van der Waals surface area contributed by atoms with E-state index in [2.05, 4.69) is 10.3 Å². The lowest BCUT2D eigenvalue weighted by Gasteiger charge is -2.15. The molecule has 2 aromatic rings. The number of rotatable bonds is 4. The van der Waals surface area contributed by atoms with Gasteiger partial charge in [0.1, 0.15) is 0 Å². The van der Waals surface area contributed by atoms with Crippen LogP contribution in [0.1, 0.15) is 35.9 Å². The summed E-state index contributed by atoms with van der Waals surface area (Å²) in [5.41, 5.74) is 2.82. The maximum atomic E-state index is 11.4. The molecular weight excluding hydrogens is 302 g/mol. The minimum Gasteiger partial charge on any atom is -0.386 e. The van der Waals surface area contributed by atoms with Gasteiger partial charge in [-0.05, 0) is 43.4 Å². The Bertz CT molecular complexity index is 766. The quantitative estimate of drug-likeness (QED) is 0.917. The molecule has 0 saturated carbocycles. The van der Waals surface area contributed by atoms with Crippen LogP contribution in [0.3, 0.4) is 0 Å². The molecule has 0 bridgehead atoms. The van der Waals surface area contributed by atoms with Crippen molar-refractivity contribution in [3.63, 3.8) is 0 Å². The van der Waals surface area contributed by atoms with Gasteiger partial charge in [0.05, 0.1) is 28.9 Å². The van der Waals surface area contributed by atoms with Gasteiger partial charge in [-0.3, -0.25) is 0 Å². The molecule has 22 heavy (non-hydrogen) atoms. The number of aryl methyl sites for hydroxylation is 1. The smallest absolute Gasteiger partial charge is 0.175 e. The number of hydrogen-bond donors (Lipinski definition) is 1. The molecule has 1 aliphatic rings. The van der Waals surface area contributed by atoms with Gasteiger partial charge >= 0.3 is 0 Å². The van der Waals surface area contributed by atoms with Gasteiger partial charge in [-0.15, -0.1) is 5.10 Å². The molecule has 1 heterocycles. The van der Waals surface area contributed by atoms with Gasteiger partial charge in [0.25, 0.3) is 0 Å². The Hall–Kier alpha value is -1.73. The second-order valence-electron chi connectivity index (χ2n) is 5.73. The molecule has 0 amide bonds. The average molecular weight is 321 g/mol. The summed E-state index contributed by atoms with van der Waals surface area (Å²) in [7, 11) is -3.22. The summed E-state index contributed by atoms with van der Waals surface area (Å²) < 4.78 is 24.7. The van der Waals surface area contributed by atoms with Crippen LogP contribution in [0.2, 0.25) is 0 Å². The third-order valence-corrected chi connectivity index (χ3v) is 5.16. The fourth-order valence-corrected chi connectivity index (χ4v) is 3.40. The Balaban J connectivity index is 1.77. The van der Waals surface area contributed by atoms with Crippen LogP contribution in [-0.4, -0.2) is 34.8 Å². The zero-order chi connectivity index (χ0) is 15.7. The van der Waals surface area contributed by atoms with Crippen molar-refractivity contribution in [2.45, 2.75) is 43.2 Å². The third-order valence-electron chi connectivity index (χ3n) is 4.03. The van der Waals surface area contributed by atoms with Crippen molar-refractivity contribution in [3.05, 3.63) is 41.2 Å². The molecule has 0 radical (unpaired) electrons. The molecule has 1 N–H and O–H groups in total. The van der Waals surface area contributed by atoms with Crippen molar-refractivity contribution in [1.29, 1.82) is 0 Å².